The van der Waals surface area contributed by atoms with Gasteiger partial charge in [-0.25, -0.2) is 0 Å². The maximum absolute atomic E-state index is 13.0. The smallest absolute Gasteiger partial charge is 0.239 e. The van der Waals surface area contributed by atoms with Crippen LogP contribution in [-0.4, -0.2) is 65.2 Å². The topological polar surface area (TPSA) is 55.8 Å². The summed E-state index contributed by atoms with van der Waals surface area (Å²) in [6.45, 7) is 3.44. The maximum Gasteiger partial charge on any atom is 0.239 e. The largest absolute Gasteiger partial charge is 0.392 e. The molecule has 27 heavy (non-hydrogen) atoms. The van der Waals surface area contributed by atoms with Gasteiger partial charge < -0.3 is 15.3 Å². The van der Waals surface area contributed by atoms with E-state index in [2.05, 4.69) is 45.4 Å². The van der Waals surface area contributed by atoms with E-state index in [0.717, 1.165) is 19.6 Å². The SMILES string of the molecule is O=C([C@H]1C[C@@H](O)CN1)N1C[C@@H]2C[C@H](C1)[C@@H]1CCC[C@H](c3ccccc3)N1C2. The van der Waals surface area contributed by atoms with E-state index in [4.69, 9.17) is 0 Å². The molecule has 1 amide bonds. The van der Waals surface area contributed by atoms with Crippen LogP contribution in [0.2, 0.25) is 0 Å². The Hall–Kier alpha value is -1.43. The van der Waals surface area contributed by atoms with E-state index < -0.39 is 0 Å². The minimum atomic E-state index is -0.372. The predicted octanol–water partition coefficient (Wildman–Crippen LogP) is 1.78. The van der Waals surface area contributed by atoms with Crippen molar-refractivity contribution in [1.82, 2.24) is 15.1 Å². The Labute approximate surface area is 161 Å². The van der Waals surface area contributed by atoms with Gasteiger partial charge in [-0.1, -0.05) is 30.3 Å². The van der Waals surface area contributed by atoms with Crippen molar-refractivity contribution in [3.8, 4) is 0 Å². The molecule has 2 N–H and O–H groups in total. The van der Waals surface area contributed by atoms with E-state index in [0.29, 0.717) is 36.9 Å². The van der Waals surface area contributed by atoms with Crippen molar-refractivity contribution >= 4 is 5.91 Å². The molecule has 6 atom stereocenters. The van der Waals surface area contributed by atoms with Gasteiger partial charge in [0.2, 0.25) is 5.91 Å². The summed E-state index contributed by atoms with van der Waals surface area (Å²) < 4.78 is 0. The summed E-state index contributed by atoms with van der Waals surface area (Å²) in [5, 5.41) is 13.0. The average Bonchev–Trinajstić information content (AvgIpc) is 3.14. The molecule has 4 fully saturated rings. The van der Waals surface area contributed by atoms with Crippen LogP contribution in [-0.2, 0) is 4.79 Å². The zero-order valence-electron chi connectivity index (χ0n) is 16.0. The van der Waals surface area contributed by atoms with Crippen LogP contribution >= 0.6 is 0 Å². The standard InChI is InChI=1S/C22H31N3O2/c26-18-10-19(23-11-18)22(27)24-12-15-9-17(14-24)21-8-4-7-20(25(21)13-15)16-5-2-1-3-6-16/h1-3,5-6,15,17-21,23,26H,4,7-14H2/t15-,17+,18+,19+,20+,21-/m0/s1. The molecule has 5 nitrogen and oxygen atoms in total. The van der Waals surface area contributed by atoms with E-state index in [1.165, 1.54) is 31.2 Å². The third-order valence-electron chi connectivity index (χ3n) is 7.29. The molecule has 4 aliphatic rings. The minimum Gasteiger partial charge on any atom is -0.392 e. The van der Waals surface area contributed by atoms with Crippen LogP contribution in [0.4, 0.5) is 0 Å². The third-order valence-corrected chi connectivity index (χ3v) is 7.29. The highest BCUT2D eigenvalue weighted by Gasteiger charge is 2.46. The van der Waals surface area contributed by atoms with Crippen LogP contribution in [0.15, 0.2) is 30.3 Å². The van der Waals surface area contributed by atoms with Crippen LogP contribution in [0.1, 0.15) is 43.7 Å². The minimum absolute atomic E-state index is 0.182. The number of likely N-dealkylation sites (tertiary alicyclic amines) is 1. The van der Waals surface area contributed by atoms with E-state index in [1.54, 1.807) is 0 Å². The molecule has 4 heterocycles. The lowest BCUT2D eigenvalue weighted by molar-refractivity contribution is -0.141. The van der Waals surface area contributed by atoms with Crippen molar-refractivity contribution < 1.29 is 9.90 Å². The number of carbonyl (C=O) groups is 1. The Morgan fingerprint density at radius 1 is 1.07 bits per heavy atom. The van der Waals surface area contributed by atoms with E-state index in [-0.39, 0.29) is 18.1 Å². The van der Waals surface area contributed by atoms with E-state index >= 15 is 0 Å². The summed E-state index contributed by atoms with van der Waals surface area (Å²) in [5.74, 6) is 1.39. The second-order valence-electron chi connectivity index (χ2n) is 9.08. The maximum atomic E-state index is 13.0. The summed E-state index contributed by atoms with van der Waals surface area (Å²) in [6, 6.07) is 12.0. The van der Waals surface area contributed by atoms with Gasteiger partial charge in [-0.15, -0.1) is 0 Å². The number of benzene rings is 1. The molecular formula is C22H31N3O2. The molecule has 5 heteroatoms. The Morgan fingerprint density at radius 3 is 2.70 bits per heavy atom. The molecule has 0 radical (unpaired) electrons. The normalized spacial score (nSPS) is 39.2. The van der Waals surface area contributed by atoms with Gasteiger partial charge in [0.15, 0.2) is 0 Å². The molecule has 2 bridgehead atoms. The highest BCUT2D eigenvalue weighted by atomic mass is 16.3. The second-order valence-corrected chi connectivity index (χ2v) is 9.08. The number of hydrogen-bond donors (Lipinski definition) is 2. The Kier molecular flexibility index (Phi) is 4.70. The van der Waals surface area contributed by atoms with Crippen molar-refractivity contribution in [1.29, 1.82) is 0 Å². The van der Waals surface area contributed by atoms with Gasteiger partial charge >= 0.3 is 0 Å². The number of fused-ring (bicyclic) bond motifs is 4. The highest BCUT2D eigenvalue weighted by Crippen LogP contribution is 2.44. The summed E-state index contributed by atoms with van der Waals surface area (Å²) in [7, 11) is 0. The fourth-order valence-electron chi connectivity index (χ4n) is 6.15. The van der Waals surface area contributed by atoms with Crippen molar-refractivity contribution in [3.05, 3.63) is 35.9 Å². The summed E-state index contributed by atoms with van der Waals surface area (Å²) >= 11 is 0. The van der Waals surface area contributed by atoms with Gasteiger partial charge in [0.25, 0.3) is 0 Å². The van der Waals surface area contributed by atoms with Crippen LogP contribution in [0, 0.1) is 11.8 Å². The fraction of sp³-hybridized carbons (Fsp3) is 0.682. The molecule has 4 saturated heterocycles. The molecule has 5 rings (SSSR count). The zero-order valence-corrected chi connectivity index (χ0v) is 16.0. The van der Waals surface area contributed by atoms with Gasteiger partial charge in [0.1, 0.15) is 0 Å². The van der Waals surface area contributed by atoms with Crippen LogP contribution in [0.5, 0.6) is 0 Å². The van der Waals surface area contributed by atoms with Gasteiger partial charge in [-0.3, -0.25) is 9.69 Å². The molecule has 0 aromatic heterocycles. The zero-order chi connectivity index (χ0) is 18.4. The monoisotopic (exact) mass is 369 g/mol. The number of nitrogens with one attached hydrogen (secondary N) is 1. The van der Waals surface area contributed by atoms with Crippen molar-refractivity contribution in [3.63, 3.8) is 0 Å². The fourth-order valence-corrected chi connectivity index (χ4v) is 6.15. The molecule has 0 spiro atoms. The lowest BCUT2D eigenvalue weighted by Gasteiger charge is -2.55. The van der Waals surface area contributed by atoms with Crippen molar-refractivity contribution in [2.24, 2.45) is 11.8 Å². The van der Waals surface area contributed by atoms with Crippen LogP contribution in [0.25, 0.3) is 0 Å². The lowest BCUT2D eigenvalue weighted by atomic mass is 9.73. The molecule has 0 aliphatic carbocycles. The summed E-state index contributed by atoms with van der Waals surface area (Å²) in [4.78, 5) is 17.8. The molecule has 1 aromatic carbocycles. The Morgan fingerprint density at radius 2 is 1.93 bits per heavy atom. The number of nitrogens with zero attached hydrogens (tertiary/aromatic N) is 2. The number of hydrogen-bond acceptors (Lipinski definition) is 4. The van der Waals surface area contributed by atoms with E-state index in [9.17, 15) is 9.90 Å². The number of β-amino-alcohol motifs (C(OH)–C–C–N with tert-alkyl or cyclic N) is 1. The molecular weight excluding hydrogens is 338 g/mol. The third kappa shape index (κ3) is 3.30. The first-order valence-electron chi connectivity index (χ1n) is 10.7. The molecule has 0 saturated carbocycles. The number of amides is 1. The van der Waals surface area contributed by atoms with Gasteiger partial charge in [-0.2, -0.15) is 0 Å². The number of piperidine rings is 3. The quantitative estimate of drug-likeness (QED) is 0.835. The Bertz CT molecular complexity index is 681. The molecule has 1 aromatic rings. The first kappa shape index (κ1) is 17.7. The average molecular weight is 370 g/mol. The molecule has 146 valence electrons. The second kappa shape index (κ2) is 7.19. The van der Waals surface area contributed by atoms with E-state index in [1.807, 2.05) is 0 Å². The molecule has 0 unspecified atom stereocenters. The summed E-state index contributed by atoms with van der Waals surface area (Å²) in [5.41, 5.74) is 1.46. The number of rotatable bonds is 2. The molecule has 4 aliphatic heterocycles. The van der Waals surface area contributed by atoms with Crippen molar-refractivity contribution in [2.75, 3.05) is 26.2 Å². The lowest BCUT2D eigenvalue weighted by Crippen LogP contribution is -2.61. The van der Waals surface area contributed by atoms with Crippen LogP contribution < -0.4 is 5.32 Å². The predicted molar refractivity (Wildman–Crippen MR) is 104 cm³/mol. The van der Waals surface area contributed by atoms with Crippen molar-refractivity contribution in [2.45, 2.75) is 56.3 Å². The first-order valence-corrected chi connectivity index (χ1v) is 10.7. The van der Waals surface area contributed by atoms with Gasteiger partial charge in [-0.05, 0) is 49.5 Å². The summed E-state index contributed by atoms with van der Waals surface area (Å²) in [6.07, 6.45) is 5.27. The highest BCUT2D eigenvalue weighted by molar-refractivity contribution is 5.82. The Balaban J connectivity index is 1.32. The number of aliphatic hydroxyl groups excluding tert-OH is 1. The van der Waals surface area contributed by atoms with Crippen LogP contribution in [0.3, 0.4) is 0 Å². The van der Waals surface area contributed by atoms with Gasteiger partial charge in [0, 0.05) is 38.3 Å². The number of aliphatic hydroxyl groups is 1. The van der Waals surface area contributed by atoms with Gasteiger partial charge in [0.05, 0.1) is 12.1 Å². The number of carbonyl (C=O) groups excluding carboxylic acids is 1. The first-order chi connectivity index (χ1) is 13.2.